The Hall–Kier alpha value is -3.68. The molecule has 0 bridgehead atoms. The van der Waals surface area contributed by atoms with Crippen LogP contribution in [0.1, 0.15) is 25.5 Å². The van der Waals surface area contributed by atoms with Gasteiger partial charge in [0.2, 0.25) is 17.7 Å². The van der Waals surface area contributed by atoms with Crippen molar-refractivity contribution in [2.24, 2.45) is 22.2 Å². The van der Waals surface area contributed by atoms with Gasteiger partial charge in [-0.05, 0) is 19.8 Å². The molecule has 11 N–H and O–H groups in total. The number of hydrogen-bond acceptors (Lipinski definition) is 7. The zero-order chi connectivity index (χ0) is 23.4. The molecule has 3 unspecified atom stereocenters. The second kappa shape index (κ2) is 12.8. The van der Waals surface area contributed by atoms with E-state index in [0.717, 1.165) is 0 Å². The summed E-state index contributed by atoms with van der Waals surface area (Å²) in [5.74, 6) is -3.21. The predicted octanol–water partition coefficient (Wildman–Crippen LogP) is -3.48. The second-order valence-electron chi connectivity index (χ2n) is 6.74. The summed E-state index contributed by atoms with van der Waals surface area (Å²) in [7, 11) is 0. The minimum Gasteiger partial charge on any atom is -0.480 e. The van der Waals surface area contributed by atoms with Crippen LogP contribution in [0.3, 0.4) is 0 Å². The number of aromatic nitrogens is 2. The summed E-state index contributed by atoms with van der Waals surface area (Å²) < 4.78 is 0. The van der Waals surface area contributed by atoms with Crippen molar-refractivity contribution in [2.45, 2.75) is 44.3 Å². The van der Waals surface area contributed by atoms with Gasteiger partial charge in [-0.1, -0.05) is 0 Å². The van der Waals surface area contributed by atoms with Crippen LogP contribution in [0.15, 0.2) is 17.5 Å². The van der Waals surface area contributed by atoms with Gasteiger partial charge in [0.05, 0.1) is 12.4 Å². The smallest absolute Gasteiger partial charge is 0.322 e. The summed E-state index contributed by atoms with van der Waals surface area (Å²) >= 11 is 0. The van der Waals surface area contributed by atoms with Gasteiger partial charge >= 0.3 is 5.97 Å². The molecule has 14 nitrogen and oxygen atoms in total. The number of aliphatic carboxylic acids is 1. The number of amides is 3. The van der Waals surface area contributed by atoms with E-state index in [9.17, 15) is 19.2 Å². The van der Waals surface area contributed by atoms with Crippen molar-refractivity contribution in [3.63, 3.8) is 0 Å². The molecule has 0 saturated heterocycles. The molecule has 0 aliphatic rings. The van der Waals surface area contributed by atoms with Crippen LogP contribution < -0.4 is 33.2 Å². The average Bonchev–Trinajstić information content (AvgIpc) is 3.20. The predicted molar refractivity (Wildman–Crippen MR) is 110 cm³/mol. The number of hydrogen-bond donors (Lipinski definition) is 8. The molecule has 1 aromatic heterocycles. The van der Waals surface area contributed by atoms with E-state index in [1.165, 1.54) is 19.4 Å². The molecule has 1 aromatic rings. The van der Waals surface area contributed by atoms with Crippen LogP contribution in [-0.2, 0) is 25.6 Å². The molecule has 1 heterocycles. The Balaban J connectivity index is 2.73. The highest BCUT2D eigenvalue weighted by Crippen LogP contribution is 2.02. The molecule has 1 rings (SSSR count). The number of H-pyrrole nitrogens is 1. The largest absolute Gasteiger partial charge is 0.480 e. The summed E-state index contributed by atoms with van der Waals surface area (Å²) in [5, 5.41) is 15.8. The number of carboxylic acids is 1. The van der Waals surface area contributed by atoms with Crippen molar-refractivity contribution >= 4 is 29.7 Å². The van der Waals surface area contributed by atoms with Crippen LogP contribution in [0.25, 0.3) is 0 Å². The highest BCUT2D eigenvalue weighted by atomic mass is 16.4. The third-order valence-corrected chi connectivity index (χ3v) is 4.08. The van der Waals surface area contributed by atoms with Crippen LogP contribution in [0.4, 0.5) is 0 Å². The van der Waals surface area contributed by atoms with Crippen molar-refractivity contribution in [3.05, 3.63) is 18.2 Å². The first-order valence-electron chi connectivity index (χ1n) is 9.48. The van der Waals surface area contributed by atoms with E-state index in [4.69, 9.17) is 22.3 Å². The van der Waals surface area contributed by atoms with Gasteiger partial charge in [-0.2, -0.15) is 0 Å². The fourth-order valence-electron chi connectivity index (χ4n) is 2.47. The minimum atomic E-state index is -1.22. The first-order chi connectivity index (χ1) is 14.6. The Kier molecular flexibility index (Phi) is 10.5. The fraction of sp³-hybridized carbons (Fsp3) is 0.529. The maximum Gasteiger partial charge on any atom is 0.322 e. The van der Waals surface area contributed by atoms with Gasteiger partial charge in [0, 0.05) is 24.9 Å². The molecule has 0 fully saturated rings. The molecular weight excluding hydrogens is 410 g/mol. The molecule has 0 aliphatic carbocycles. The van der Waals surface area contributed by atoms with E-state index >= 15 is 0 Å². The van der Waals surface area contributed by atoms with E-state index in [1.807, 2.05) is 0 Å². The summed E-state index contributed by atoms with van der Waals surface area (Å²) in [5.41, 5.74) is 17.1. The van der Waals surface area contributed by atoms with Gasteiger partial charge in [-0.15, -0.1) is 0 Å². The molecule has 0 spiro atoms. The van der Waals surface area contributed by atoms with Crippen LogP contribution in [0.2, 0.25) is 0 Å². The molecule has 0 aromatic carbocycles. The normalized spacial score (nSPS) is 13.4. The van der Waals surface area contributed by atoms with Crippen LogP contribution in [-0.4, -0.2) is 75.9 Å². The van der Waals surface area contributed by atoms with Crippen molar-refractivity contribution in [3.8, 4) is 0 Å². The first-order valence-corrected chi connectivity index (χ1v) is 9.48. The van der Waals surface area contributed by atoms with E-state index in [2.05, 4.69) is 30.9 Å². The Morgan fingerprint density at radius 1 is 1.19 bits per heavy atom. The number of aliphatic imine (C=N–C) groups is 1. The number of carboxylic acid groups (broad SMARTS) is 1. The van der Waals surface area contributed by atoms with E-state index in [0.29, 0.717) is 12.1 Å². The topological polar surface area (TPSA) is 244 Å². The number of rotatable bonds is 13. The lowest BCUT2D eigenvalue weighted by Crippen LogP contribution is -2.55. The molecule has 31 heavy (non-hydrogen) atoms. The Bertz CT molecular complexity index is 777. The number of nitrogens with zero attached hydrogens (tertiary/aromatic N) is 2. The monoisotopic (exact) mass is 439 g/mol. The van der Waals surface area contributed by atoms with Gasteiger partial charge in [-0.25, -0.2) is 4.98 Å². The van der Waals surface area contributed by atoms with Crippen molar-refractivity contribution in [1.82, 2.24) is 25.9 Å². The lowest BCUT2D eigenvalue weighted by atomic mass is 10.1. The summed E-state index contributed by atoms with van der Waals surface area (Å²) in [6.45, 7) is 1.04. The lowest BCUT2D eigenvalue weighted by molar-refractivity contribution is -0.138. The number of carbonyl (C=O) groups is 4. The van der Waals surface area contributed by atoms with E-state index in [1.54, 1.807) is 0 Å². The first kappa shape index (κ1) is 25.4. The third-order valence-electron chi connectivity index (χ3n) is 4.08. The zero-order valence-electron chi connectivity index (χ0n) is 17.1. The molecule has 172 valence electrons. The van der Waals surface area contributed by atoms with Crippen LogP contribution >= 0.6 is 0 Å². The second-order valence-corrected chi connectivity index (χ2v) is 6.74. The van der Waals surface area contributed by atoms with Gasteiger partial charge in [-0.3, -0.25) is 24.2 Å². The SMILES string of the molecule is CC(NC(=O)C(CCCN=C(N)N)NC(=O)C(N)Cc1cnc[nH]1)C(=O)NCC(=O)O. The number of nitrogens with one attached hydrogen (secondary N) is 4. The highest BCUT2D eigenvalue weighted by molar-refractivity contribution is 5.93. The molecular formula is C17H29N9O5. The molecule has 3 amide bonds. The number of aromatic amines is 1. The third kappa shape index (κ3) is 10.1. The quantitative estimate of drug-likeness (QED) is 0.0862. The zero-order valence-corrected chi connectivity index (χ0v) is 17.1. The number of guanidine groups is 1. The molecule has 0 aliphatic heterocycles. The lowest BCUT2D eigenvalue weighted by Gasteiger charge is -2.22. The maximum absolute atomic E-state index is 12.6. The Labute approximate surface area is 178 Å². The van der Waals surface area contributed by atoms with Gasteiger partial charge in [0.1, 0.15) is 18.6 Å². The molecule has 14 heteroatoms. The van der Waals surface area contributed by atoms with Crippen molar-refractivity contribution < 1.29 is 24.3 Å². The Morgan fingerprint density at radius 3 is 2.48 bits per heavy atom. The van der Waals surface area contributed by atoms with E-state index in [-0.39, 0.29) is 25.3 Å². The summed E-state index contributed by atoms with van der Waals surface area (Å²) in [4.78, 5) is 58.1. The molecule has 3 atom stereocenters. The summed E-state index contributed by atoms with van der Waals surface area (Å²) in [6.07, 6.45) is 3.71. The van der Waals surface area contributed by atoms with Crippen LogP contribution in [0.5, 0.6) is 0 Å². The average molecular weight is 439 g/mol. The summed E-state index contributed by atoms with van der Waals surface area (Å²) in [6, 6.07) is -2.98. The van der Waals surface area contributed by atoms with E-state index < -0.39 is 48.4 Å². The van der Waals surface area contributed by atoms with Gasteiger partial charge < -0.3 is 43.2 Å². The van der Waals surface area contributed by atoms with Crippen molar-refractivity contribution in [2.75, 3.05) is 13.1 Å². The van der Waals surface area contributed by atoms with Gasteiger partial charge in [0.15, 0.2) is 5.96 Å². The maximum atomic E-state index is 12.6. The van der Waals surface area contributed by atoms with Gasteiger partial charge in [0.25, 0.3) is 0 Å². The Morgan fingerprint density at radius 2 is 1.90 bits per heavy atom. The number of carbonyl (C=O) groups excluding carboxylic acids is 3. The number of imidazole rings is 1. The highest BCUT2D eigenvalue weighted by Gasteiger charge is 2.26. The van der Waals surface area contributed by atoms with Crippen LogP contribution in [0, 0.1) is 0 Å². The molecule has 0 saturated carbocycles. The minimum absolute atomic E-state index is 0.102. The number of nitrogens with two attached hydrogens (primary N) is 3. The molecule has 0 radical (unpaired) electrons. The fourth-order valence-corrected chi connectivity index (χ4v) is 2.47. The van der Waals surface area contributed by atoms with Crippen molar-refractivity contribution in [1.29, 1.82) is 0 Å². The standard InChI is InChI=1S/C17H29N9O5/c1-9(14(29)23-7-13(27)28)25-16(31)12(3-2-4-22-17(19)20)26-15(30)11(18)5-10-6-21-8-24-10/h6,8-9,11-12H,2-5,7,18H2,1H3,(H,21,24)(H,23,29)(H,25,31)(H,26,30)(H,27,28)(H4,19,20,22).